The molecule has 1 aromatic carbocycles. The van der Waals surface area contributed by atoms with Crippen molar-refractivity contribution in [3.63, 3.8) is 0 Å². The minimum atomic E-state index is -0.328. The molecule has 0 fully saturated rings. The van der Waals surface area contributed by atoms with E-state index in [-0.39, 0.29) is 11.6 Å². The van der Waals surface area contributed by atoms with Crippen LogP contribution in [0.5, 0.6) is 0 Å². The van der Waals surface area contributed by atoms with Crippen LogP contribution in [0.25, 0.3) is 0 Å². The molecule has 0 N–H and O–H groups in total. The van der Waals surface area contributed by atoms with E-state index < -0.39 is 0 Å². The predicted octanol–water partition coefficient (Wildman–Crippen LogP) is 7.88. The number of carbonyl (C=O) groups is 1. The van der Waals surface area contributed by atoms with E-state index >= 15 is 0 Å². The van der Waals surface area contributed by atoms with Gasteiger partial charge < -0.3 is 4.74 Å². The number of carbonyl (C=O) groups excluding carboxylic acids is 1. The summed E-state index contributed by atoms with van der Waals surface area (Å²) in [6, 6.07) is 10.9. The molecule has 1 aromatic rings. The summed E-state index contributed by atoms with van der Waals surface area (Å²) in [4.78, 5) is 12.9. The highest BCUT2D eigenvalue weighted by atomic mass is 16.6. The number of benzene rings is 1. The van der Waals surface area contributed by atoms with Crippen molar-refractivity contribution in [2.45, 2.75) is 113 Å². The average molecular weight is 422 g/mol. The molecule has 0 aliphatic rings. The molecular weight excluding hydrogens is 370 g/mol. The first-order chi connectivity index (χ1) is 13.9. The maximum atomic E-state index is 10.2. The summed E-state index contributed by atoms with van der Waals surface area (Å²) in [7, 11) is 0. The van der Waals surface area contributed by atoms with Crippen molar-refractivity contribution in [3.05, 3.63) is 35.9 Å². The summed E-state index contributed by atoms with van der Waals surface area (Å²) in [5.74, 6) is -0.225. The third-order valence-corrected chi connectivity index (χ3v) is 4.20. The maximum absolute atomic E-state index is 10.2. The lowest BCUT2D eigenvalue weighted by Gasteiger charge is -2.27. The minimum Gasteiger partial charge on any atom is -0.460 e. The Kier molecular flexibility index (Phi) is 17.8. The molecule has 0 amide bonds. The zero-order chi connectivity index (χ0) is 23.6. The lowest BCUT2D eigenvalue weighted by molar-refractivity contribution is -0.151. The highest BCUT2D eigenvalue weighted by Crippen LogP contribution is 2.20. The fourth-order valence-electron chi connectivity index (χ4n) is 2.80. The number of hydrogen-bond acceptors (Lipinski definition) is 3. The van der Waals surface area contributed by atoms with E-state index in [2.05, 4.69) is 62.9 Å². The maximum Gasteiger partial charge on any atom is 0.303 e. The highest BCUT2D eigenvalue weighted by molar-refractivity contribution is 5.66. The third kappa shape index (κ3) is 22.9. The molecule has 0 aliphatic heterocycles. The molecule has 0 radical (unpaired) electrons. The molecule has 0 heterocycles. The van der Waals surface area contributed by atoms with Gasteiger partial charge in [0, 0.05) is 13.5 Å². The van der Waals surface area contributed by atoms with Crippen molar-refractivity contribution in [1.82, 2.24) is 4.90 Å². The zero-order valence-corrected chi connectivity index (χ0v) is 21.8. The van der Waals surface area contributed by atoms with Crippen molar-refractivity contribution in [3.8, 4) is 0 Å². The standard InChI is InChI=1S/C19H33N.C6H12O2.C2H6/c1-5-6-7-11-15-20(16-14-19(2,3)4)17-18-12-9-8-10-13-18;1-5(7)8-6(2,3)4;1-2/h8-10,12-13H,5-7,11,14-17H2,1-4H3;1-4H3;1-2H3. The van der Waals surface area contributed by atoms with Gasteiger partial charge in [-0.3, -0.25) is 9.69 Å². The number of rotatable bonds is 9. The molecule has 176 valence electrons. The lowest BCUT2D eigenvalue weighted by Crippen LogP contribution is -2.28. The van der Waals surface area contributed by atoms with E-state index in [0.717, 1.165) is 6.54 Å². The molecule has 3 nitrogen and oxygen atoms in total. The molecule has 0 bridgehead atoms. The first-order valence-corrected chi connectivity index (χ1v) is 11.9. The van der Waals surface area contributed by atoms with Crippen LogP contribution in [0.4, 0.5) is 0 Å². The van der Waals surface area contributed by atoms with Gasteiger partial charge in [0.25, 0.3) is 0 Å². The number of ether oxygens (including phenoxy) is 1. The Morgan fingerprint density at radius 3 is 1.87 bits per heavy atom. The normalized spacial score (nSPS) is 11.2. The van der Waals surface area contributed by atoms with E-state index in [9.17, 15) is 4.79 Å². The van der Waals surface area contributed by atoms with E-state index in [1.54, 1.807) is 0 Å². The summed E-state index contributed by atoms with van der Waals surface area (Å²) >= 11 is 0. The second-order valence-electron chi connectivity index (χ2n) is 9.84. The second-order valence-corrected chi connectivity index (χ2v) is 9.84. The van der Waals surface area contributed by atoms with Crippen molar-refractivity contribution >= 4 is 5.97 Å². The molecule has 1 rings (SSSR count). The van der Waals surface area contributed by atoms with Gasteiger partial charge in [0.15, 0.2) is 0 Å². The molecule has 0 aromatic heterocycles. The van der Waals surface area contributed by atoms with E-state index in [4.69, 9.17) is 4.74 Å². The van der Waals surface area contributed by atoms with Crippen molar-refractivity contribution in [1.29, 1.82) is 0 Å². The van der Waals surface area contributed by atoms with Crippen LogP contribution >= 0.6 is 0 Å². The minimum absolute atomic E-state index is 0.225. The van der Waals surface area contributed by atoms with Crippen molar-refractivity contribution in [2.75, 3.05) is 13.1 Å². The van der Waals surface area contributed by atoms with E-state index in [0.29, 0.717) is 5.41 Å². The number of nitrogens with zero attached hydrogens (tertiary/aromatic N) is 1. The largest absolute Gasteiger partial charge is 0.460 e. The van der Waals surface area contributed by atoms with Gasteiger partial charge in [-0.1, -0.05) is 91.1 Å². The summed E-state index contributed by atoms with van der Waals surface area (Å²) < 4.78 is 4.80. The molecule has 30 heavy (non-hydrogen) atoms. The van der Waals surface area contributed by atoms with Gasteiger partial charge in [0.2, 0.25) is 0 Å². The summed E-state index contributed by atoms with van der Waals surface area (Å²) in [6.45, 7) is 23.8. The Labute approximate surface area is 188 Å². The second kappa shape index (κ2) is 17.3. The first-order valence-electron chi connectivity index (χ1n) is 11.9. The predicted molar refractivity (Wildman–Crippen MR) is 133 cm³/mol. The zero-order valence-electron chi connectivity index (χ0n) is 21.8. The van der Waals surface area contributed by atoms with Crippen LogP contribution in [0.3, 0.4) is 0 Å². The van der Waals surface area contributed by atoms with Gasteiger partial charge in [0.1, 0.15) is 5.60 Å². The average Bonchev–Trinajstić information content (AvgIpc) is 2.63. The fraction of sp³-hybridized carbons (Fsp3) is 0.741. The summed E-state index contributed by atoms with van der Waals surface area (Å²) in [5, 5.41) is 0. The molecule has 0 saturated carbocycles. The molecule has 0 atom stereocenters. The Hall–Kier alpha value is -1.35. The molecule has 0 saturated heterocycles. The molecule has 0 aliphatic carbocycles. The monoisotopic (exact) mass is 421 g/mol. The smallest absolute Gasteiger partial charge is 0.303 e. The van der Waals surface area contributed by atoms with Crippen molar-refractivity contribution in [2.24, 2.45) is 5.41 Å². The van der Waals surface area contributed by atoms with Crippen molar-refractivity contribution < 1.29 is 9.53 Å². The van der Waals surface area contributed by atoms with Crippen LogP contribution < -0.4 is 0 Å². The Balaban J connectivity index is 0. The highest BCUT2D eigenvalue weighted by Gasteiger charge is 2.14. The molecule has 0 spiro atoms. The topological polar surface area (TPSA) is 29.5 Å². The van der Waals surface area contributed by atoms with Gasteiger partial charge in [-0.15, -0.1) is 0 Å². The van der Waals surface area contributed by atoms with Crippen LogP contribution in [0.15, 0.2) is 30.3 Å². The Morgan fingerprint density at radius 1 is 0.900 bits per heavy atom. The number of esters is 1. The first kappa shape index (κ1) is 30.8. The van der Waals surface area contributed by atoms with Gasteiger partial charge in [-0.05, 0) is 57.7 Å². The molecule has 3 heteroatoms. The Morgan fingerprint density at radius 2 is 1.47 bits per heavy atom. The summed E-state index contributed by atoms with van der Waals surface area (Å²) in [5.41, 5.74) is 1.54. The third-order valence-electron chi connectivity index (χ3n) is 4.20. The van der Waals surface area contributed by atoms with Crippen LogP contribution in [0.2, 0.25) is 0 Å². The van der Waals surface area contributed by atoms with Crippen LogP contribution in [0, 0.1) is 5.41 Å². The van der Waals surface area contributed by atoms with Crippen LogP contribution in [-0.2, 0) is 16.1 Å². The summed E-state index contributed by atoms with van der Waals surface area (Å²) in [6.07, 6.45) is 6.68. The lowest BCUT2D eigenvalue weighted by atomic mass is 9.92. The van der Waals surface area contributed by atoms with E-state index in [1.165, 1.54) is 57.7 Å². The van der Waals surface area contributed by atoms with Gasteiger partial charge in [-0.25, -0.2) is 0 Å². The van der Waals surface area contributed by atoms with Gasteiger partial charge >= 0.3 is 5.97 Å². The number of hydrogen-bond donors (Lipinski definition) is 0. The number of unbranched alkanes of at least 4 members (excludes halogenated alkanes) is 3. The fourth-order valence-corrected chi connectivity index (χ4v) is 2.80. The van der Waals surface area contributed by atoms with Crippen LogP contribution in [0.1, 0.15) is 107 Å². The Bertz CT molecular complexity index is 512. The van der Waals surface area contributed by atoms with Gasteiger partial charge in [0.05, 0.1) is 0 Å². The quantitative estimate of drug-likeness (QED) is 0.300. The molecular formula is C27H51NO2. The van der Waals surface area contributed by atoms with E-state index in [1.807, 2.05) is 34.6 Å². The molecule has 0 unspecified atom stereocenters. The SMILES string of the molecule is CC.CC(=O)OC(C)(C)C.CCCCCCN(CCC(C)(C)C)Cc1ccccc1. The van der Waals surface area contributed by atoms with Gasteiger partial charge in [-0.2, -0.15) is 0 Å². The van der Waals surface area contributed by atoms with Crippen LogP contribution in [-0.4, -0.2) is 29.6 Å².